The van der Waals surface area contributed by atoms with Crippen LogP contribution < -0.4 is 5.32 Å². The van der Waals surface area contributed by atoms with Crippen molar-refractivity contribution in [3.63, 3.8) is 0 Å². The predicted octanol–water partition coefficient (Wildman–Crippen LogP) is 4.40. The molecule has 3 aromatic carbocycles. The Morgan fingerprint density at radius 3 is 2.45 bits per heavy atom. The summed E-state index contributed by atoms with van der Waals surface area (Å²) in [5.74, 6) is -0.0829. The van der Waals surface area contributed by atoms with Crippen LogP contribution in [0.25, 0.3) is 16.8 Å². The first kappa shape index (κ1) is 18.9. The first-order chi connectivity index (χ1) is 14.2. The zero-order valence-corrected chi connectivity index (χ0v) is 16.5. The summed E-state index contributed by atoms with van der Waals surface area (Å²) in [6, 6.07) is 22.1. The van der Waals surface area contributed by atoms with Crippen molar-refractivity contribution in [3.8, 4) is 0 Å². The van der Waals surface area contributed by atoms with Gasteiger partial charge in [0.15, 0.2) is 0 Å². The Morgan fingerprint density at radius 1 is 1.00 bits per heavy atom. The van der Waals surface area contributed by atoms with Crippen molar-refractivity contribution in [3.05, 3.63) is 89.5 Å². The van der Waals surface area contributed by atoms with E-state index in [4.69, 9.17) is 0 Å². The van der Waals surface area contributed by atoms with Crippen molar-refractivity contribution >= 4 is 28.7 Å². The van der Waals surface area contributed by atoms with E-state index >= 15 is 0 Å². The van der Waals surface area contributed by atoms with Crippen LogP contribution in [0.5, 0.6) is 0 Å². The summed E-state index contributed by atoms with van der Waals surface area (Å²) in [5.41, 5.74) is 2.69. The van der Waals surface area contributed by atoms with Crippen LogP contribution in [0.1, 0.15) is 34.3 Å². The second-order valence-electron chi connectivity index (χ2n) is 7.38. The monoisotopic (exact) mass is 384 g/mol. The summed E-state index contributed by atoms with van der Waals surface area (Å²) in [5, 5.41) is 4.93. The topological polar surface area (TPSA) is 49.4 Å². The molecule has 1 aliphatic rings. The average molecular weight is 384 g/mol. The summed E-state index contributed by atoms with van der Waals surface area (Å²) in [6.45, 7) is 0.553. The molecule has 4 heteroatoms. The molecule has 0 unspecified atom stereocenters. The van der Waals surface area contributed by atoms with Crippen LogP contribution in [0.2, 0.25) is 0 Å². The van der Waals surface area contributed by atoms with Crippen molar-refractivity contribution in [2.75, 3.05) is 7.05 Å². The van der Waals surface area contributed by atoms with Gasteiger partial charge in [0, 0.05) is 31.3 Å². The van der Waals surface area contributed by atoms with Gasteiger partial charge in [0.1, 0.15) is 0 Å². The summed E-state index contributed by atoms with van der Waals surface area (Å²) >= 11 is 0. The van der Waals surface area contributed by atoms with Gasteiger partial charge in [-0.3, -0.25) is 9.59 Å². The van der Waals surface area contributed by atoms with Crippen LogP contribution in [-0.4, -0.2) is 29.8 Å². The van der Waals surface area contributed by atoms with Gasteiger partial charge in [-0.25, -0.2) is 0 Å². The van der Waals surface area contributed by atoms with Crippen LogP contribution >= 0.6 is 0 Å². The van der Waals surface area contributed by atoms with Crippen molar-refractivity contribution in [2.45, 2.75) is 25.4 Å². The van der Waals surface area contributed by atoms with Crippen LogP contribution in [-0.2, 0) is 11.3 Å². The molecule has 0 aliphatic heterocycles. The second-order valence-corrected chi connectivity index (χ2v) is 7.38. The lowest BCUT2D eigenvalue weighted by atomic mass is 10.0. The minimum Gasteiger partial charge on any atom is -0.355 e. The lowest BCUT2D eigenvalue weighted by molar-refractivity contribution is -0.127. The molecule has 3 aromatic rings. The molecule has 0 radical (unpaired) electrons. The minimum atomic E-state index is -0.107. The van der Waals surface area contributed by atoms with E-state index in [0.29, 0.717) is 18.2 Å². The molecule has 0 aromatic heterocycles. The molecular weight excluding hydrogens is 360 g/mol. The largest absolute Gasteiger partial charge is 0.355 e. The van der Waals surface area contributed by atoms with Gasteiger partial charge < -0.3 is 10.2 Å². The van der Waals surface area contributed by atoms with Gasteiger partial charge in [-0.1, -0.05) is 54.6 Å². The minimum absolute atomic E-state index is 0.0239. The maximum absolute atomic E-state index is 12.9. The third-order valence-corrected chi connectivity index (χ3v) is 5.30. The van der Waals surface area contributed by atoms with Gasteiger partial charge in [-0.2, -0.15) is 0 Å². The predicted molar refractivity (Wildman–Crippen MR) is 116 cm³/mol. The summed E-state index contributed by atoms with van der Waals surface area (Å²) in [7, 11) is 1.62. The van der Waals surface area contributed by atoms with Gasteiger partial charge in [-0.15, -0.1) is 0 Å². The zero-order valence-electron chi connectivity index (χ0n) is 16.5. The second kappa shape index (κ2) is 8.31. The zero-order chi connectivity index (χ0) is 20.2. The van der Waals surface area contributed by atoms with Gasteiger partial charge in [0.25, 0.3) is 5.91 Å². The highest BCUT2D eigenvalue weighted by Gasteiger charge is 2.31. The van der Waals surface area contributed by atoms with Gasteiger partial charge in [-0.05, 0) is 52.9 Å². The molecule has 1 saturated carbocycles. The van der Waals surface area contributed by atoms with Crippen molar-refractivity contribution in [2.24, 2.45) is 0 Å². The van der Waals surface area contributed by atoms with E-state index in [2.05, 4.69) is 23.5 Å². The smallest absolute Gasteiger partial charge is 0.251 e. The molecule has 4 rings (SSSR count). The third kappa shape index (κ3) is 4.37. The number of carbonyl (C=O) groups is 2. The molecule has 2 amide bonds. The fourth-order valence-electron chi connectivity index (χ4n) is 3.53. The Kier molecular flexibility index (Phi) is 5.43. The molecule has 4 nitrogen and oxygen atoms in total. The van der Waals surface area contributed by atoms with Crippen LogP contribution in [0.3, 0.4) is 0 Å². The lowest BCUT2D eigenvalue weighted by Crippen LogP contribution is -2.31. The van der Waals surface area contributed by atoms with E-state index in [9.17, 15) is 9.59 Å². The fraction of sp³-hybridized carbons (Fsp3) is 0.200. The summed E-state index contributed by atoms with van der Waals surface area (Å²) in [4.78, 5) is 26.6. The molecule has 0 atom stereocenters. The first-order valence-corrected chi connectivity index (χ1v) is 9.93. The molecule has 0 saturated heterocycles. The molecule has 0 bridgehead atoms. The number of hydrogen-bond acceptors (Lipinski definition) is 2. The highest BCUT2D eigenvalue weighted by Crippen LogP contribution is 2.29. The fourth-order valence-corrected chi connectivity index (χ4v) is 3.53. The van der Waals surface area contributed by atoms with Crippen molar-refractivity contribution in [1.29, 1.82) is 0 Å². The SMILES string of the molecule is CNC(=O)c1ccc(CN(C(=O)/C=C/c2cccc3ccccc23)C2CC2)cc1. The highest BCUT2D eigenvalue weighted by atomic mass is 16.2. The molecule has 1 fully saturated rings. The number of carbonyl (C=O) groups excluding carboxylic acids is 2. The Balaban J connectivity index is 1.50. The molecule has 146 valence electrons. The van der Waals surface area contributed by atoms with Gasteiger partial charge in [0.05, 0.1) is 0 Å². The number of benzene rings is 3. The summed E-state index contributed by atoms with van der Waals surface area (Å²) < 4.78 is 0. The molecule has 29 heavy (non-hydrogen) atoms. The van der Waals surface area contributed by atoms with Crippen molar-refractivity contribution < 1.29 is 9.59 Å². The highest BCUT2D eigenvalue weighted by molar-refractivity contribution is 5.97. The van der Waals surface area contributed by atoms with Crippen LogP contribution in [0.4, 0.5) is 0 Å². The number of amides is 2. The Hall–Kier alpha value is -3.40. The van der Waals surface area contributed by atoms with Crippen molar-refractivity contribution in [1.82, 2.24) is 10.2 Å². The van der Waals surface area contributed by atoms with E-state index in [1.165, 1.54) is 0 Å². The van der Waals surface area contributed by atoms with Gasteiger partial charge in [0.2, 0.25) is 5.91 Å². The third-order valence-electron chi connectivity index (χ3n) is 5.30. The van der Waals surface area contributed by atoms with E-state index in [0.717, 1.165) is 34.7 Å². The van der Waals surface area contributed by atoms with Crippen LogP contribution in [0.15, 0.2) is 72.8 Å². The summed E-state index contributed by atoms with van der Waals surface area (Å²) in [6.07, 6.45) is 5.68. The van der Waals surface area contributed by atoms with E-state index in [1.807, 2.05) is 47.4 Å². The number of fused-ring (bicyclic) bond motifs is 1. The van der Waals surface area contributed by atoms with E-state index < -0.39 is 0 Å². The number of rotatable bonds is 6. The first-order valence-electron chi connectivity index (χ1n) is 9.93. The maximum atomic E-state index is 12.9. The molecule has 1 aliphatic carbocycles. The number of nitrogens with zero attached hydrogens (tertiary/aromatic N) is 1. The van der Waals surface area contributed by atoms with Gasteiger partial charge >= 0.3 is 0 Å². The maximum Gasteiger partial charge on any atom is 0.251 e. The molecular formula is C25H24N2O2. The molecule has 1 N–H and O–H groups in total. The Morgan fingerprint density at radius 2 is 1.72 bits per heavy atom. The number of nitrogens with one attached hydrogen (secondary N) is 1. The molecule has 0 heterocycles. The number of hydrogen-bond donors (Lipinski definition) is 1. The standard InChI is InChI=1S/C25H24N2O2/c1-26-25(29)21-11-9-18(10-12-21)17-27(22-14-15-22)24(28)16-13-20-7-4-6-19-5-2-3-8-23(19)20/h2-13,16,22H,14-15,17H2,1H3,(H,26,29)/b16-13+. The van der Waals surface area contributed by atoms with E-state index in [-0.39, 0.29) is 11.8 Å². The normalized spacial score (nSPS) is 13.6. The quantitative estimate of drug-likeness (QED) is 0.640. The lowest BCUT2D eigenvalue weighted by Gasteiger charge is -2.21. The average Bonchev–Trinajstić information content (AvgIpc) is 3.61. The van der Waals surface area contributed by atoms with E-state index in [1.54, 1.807) is 25.3 Å². The van der Waals surface area contributed by atoms with Crippen LogP contribution in [0, 0.1) is 0 Å². The molecule has 0 spiro atoms. The Labute approximate surface area is 170 Å². The Bertz CT molecular complexity index is 1060.